The van der Waals surface area contributed by atoms with Gasteiger partial charge in [0.25, 0.3) is 5.91 Å². The third-order valence-corrected chi connectivity index (χ3v) is 6.33. The second kappa shape index (κ2) is 12.1. The summed E-state index contributed by atoms with van der Waals surface area (Å²) in [5.74, 6) is 3.42. The maximum absolute atomic E-state index is 12.9. The Hall–Kier alpha value is -3.66. The number of hydrogen-bond donors (Lipinski definition) is 1. The number of rotatable bonds is 8. The number of nitrogens with zero attached hydrogens (tertiary/aromatic N) is 4. The summed E-state index contributed by atoms with van der Waals surface area (Å²) in [6.07, 6.45) is 0. The Morgan fingerprint density at radius 3 is 2.24 bits per heavy atom. The van der Waals surface area contributed by atoms with E-state index in [-0.39, 0.29) is 30.8 Å². The quantitative estimate of drug-likeness (QED) is 0.466. The number of nitrogens with two attached hydrogens (primary N) is 1. The highest BCUT2D eigenvalue weighted by Crippen LogP contribution is 2.36. The molecular formula is C26H34ClN5O5. The molecule has 0 spiro atoms. The molecule has 0 aliphatic carbocycles. The summed E-state index contributed by atoms with van der Waals surface area (Å²) in [5, 5.41) is 0.694. The molecular weight excluding hydrogens is 498 g/mol. The van der Waals surface area contributed by atoms with Crippen LogP contribution in [0.3, 0.4) is 0 Å². The lowest BCUT2D eigenvalue weighted by Gasteiger charge is -2.35. The van der Waals surface area contributed by atoms with Crippen LogP contribution in [-0.2, 0) is 4.79 Å². The van der Waals surface area contributed by atoms with Crippen LogP contribution < -0.4 is 29.6 Å². The fourth-order valence-electron chi connectivity index (χ4n) is 4.29. The normalized spacial score (nSPS) is 13.4. The monoisotopic (exact) mass is 531 g/mol. The van der Waals surface area contributed by atoms with E-state index in [2.05, 4.69) is 18.8 Å². The summed E-state index contributed by atoms with van der Waals surface area (Å²) in [7, 11) is 4.74. The van der Waals surface area contributed by atoms with Crippen molar-refractivity contribution in [3.8, 4) is 23.0 Å². The number of carbonyl (C=O) groups excluding carboxylic acids is 1. The smallest absolute Gasteiger partial charge is 0.260 e. The molecule has 1 amide bonds. The number of hydrogen-bond acceptors (Lipinski definition) is 9. The second-order valence-corrected chi connectivity index (χ2v) is 8.82. The number of nitrogen functional groups attached to an aromatic ring is 1. The van der Waals surface area contributed by atoms with E-state index in [1.807, 2.05) is 23.1 Å². The number of ether oxygens (including phenoxy) is 4. The van der Waals surface area contributed by atoms with Gasteiger partial charge >= 0.3 is 0 Å². The van der Waals surface area contributed by atoms with Gasteiger partial charge in [0.15, 0.2) is 29.6 Å². The molecule has 0 saturated carbocycles. The molecule has 200 valence electrons. The third-order valence-electron chi connectivity index (χ3n) is 6.33. The van der Waals surface area contributed by atoms with Crippen LogP contribution in [0.1, 0.15) is 25.3 Å². The van der Waals surface area contributed by atoms with E-state index < -0.39 is 0 Å². The maximum Gasteiger partial charge on any atom is 0.260 e. The van der Waals surface area contributed by atoms with Gasteiger partial charge in [0, 0.05) is 43.2 Å². The van der Waals surface area contributed by atoms with Crippen molar-refractivity contribution < 1.29 is 23.7 Å². The molecule has 2 aromatic carbocycles. The van der Waals surface area contributed by atoms with Gasteiger partial charge in [0.2, 0.25) is 5.95 Å². The average Bonchev–Trinajstić information content (AvgIpc) is 2.90. The Morgan fingerprint density at radius 1 is 0.973 bits per heavy atom. The average molecular weight is 532 g/mol. The highest BCUT2D eigenvalue weighted by molar-refractivity contribution is 5.91. The standard InChI is InChI=1S/C26H33N5O5.ClH/c1-16(2)17-7-6-8-20(33-3)24(17)36-15-23(32)30-9-11-31(12-10-30)26-28-19-14-22(35-5)21(34-4)13-18(19)25(27)29-26;/h6-8,13-14,16H,9-12,15H2,1-5H3,(H2,27,28,29);1H. The number of benzene rings is 2. The summed E-state index contributed by atoms with van der Waals surface area (Å²) in [5.41, 5.74) is 7.91. The van der Waals surface area contributed by atoms with Crippen molar-refractivity contribution in [2.45, 2.75) is 19.8 Å². The van der Waals surface area contributed by atoms with E-state index in [4.69, 9.17) is 29.7 Å². The summed E-state index contributed by atoms with van der Waals surface area (Å²) < 4.78 is 22.2. The van der Waals surface area contributed by atoms with Gasteiger partial charge in [0.05, 0.1) is 26.8 Å². The SMILES string of the molecule is COc1cc2nc(N3CCN(C(=O)COc4c(OC)cccc4C(C)C)CC3)nc(N)c2cc1OC.Cl. The van der Waals surface area contributed by atoms with Gasteiger partial charge in [-0.2, -0.15) is 4.98 Å². The van der Waals surface area contributed by atoms with Crippen molar-refractivity contribution in [3.63, 3.8) is 0 Å². The van der Waals surface area contributed by atoms with Gasteiger partial charge in [-0.3, -0.25) is 4.79 Å². The highest BCUT2D eigenvalue weighted by Gasteiger charge is 2.25. The fourth-order valence-corrected chi connectivity index (χ4v) is 4.29. The molecule has 3 aromatic rings. The van der Waals surface area contributed by atoms with Crippen LogP contribution in [0.2, 0.25) is 0 Å². The van der Waals surface area contributed by atoms with E-state index in [9.17, 15) is 4.79 Å². The molecule has 10 nitrogen and oxygen atoms in total. The first-order chi connectivity index (χ1) is 17.4. The number of anilines is 2. The van der Waals surface area contributed by atoms with Crippen LogP contribution in [0.4, 0.5) is 11.8 Å². The lowest BCUT2D eigenvalue weighted by molar-refractivity contribution is -0.133. The zero-order chi connectivity index (χ0) is 25.8. The van der Waals surface area contributed by atoms with Crippen LogP contribution in [0, 0.1) is 0 Å². The summed E-state index contributed by atoms with van der Waals surface area (Å²) >= 11 is 0. The van der Waals surface area contributed by atoms with E-state index in [1.54, 1.807) is 38.4 Å². The summed E-state index contributed by atoms with van der Waals surface area (Å²) in [6, 6.07) is 9.32. The third kappa shape index (κ3) is 5.85. The Balaban J connectivity index is 0.00000380. The van der Waals surface area contributed by atoms with Crippen molar-refractivity contribution in [2.75, 3.05) is 64.7 Å². The van der Waals surface area contributed by atoms with Gasteiger partial charge in [-0.1, -0.05) is 26.0 Å². The summed E-state index contributed by atoms with van der Waals surface area (Å²) in [4.78, 5) is 25.9. The molecule has 11 heteroatoms. The van der Waals surface area contributed by atoms with E-state index >= 15 is 0 Å². The van der Waals surface area contributed by atoms with Crippen LogP contribution in [0.5, 0.6) is 23.0 Å². The van der Waals surface area contributed by atoms with Crippen molar-refractivity contribution in [1.82, 2.24) is 14.9 Å². The molecule has 1 saturated heterocycles. The Bertz CT molecular complexity index is 1250. The van der Waals surface area contributed by atoms with E-state index in [0.29, 0.717) is 71.8 Å². The van der Waals surface area contributed by atoms with Gasteiger partial charge in [-0.25, -0.2) is 4.98 Å². The topological polar surface area (TPSA) is 112 Å². The molecule has 2 heterocycles. The number of fused-ring (bicyclic) bond motifs is 1. The van der Waals surface area contributed by atoms with Crippen molar-refractivity contribution >= 4 is 41.0 Å². The number of piperazine rings is 1. The maximum atomic E-state index is 12.9. The number of aromatic nitrogens is 2. The molecule has 1 aliphatic rings. The van der Waals surface area contributed by atoms with Crippen LogP contribution in [-0.4, -0.2) is 74.9 Å². The van der Waals surface area contributed by atoms with E-state index in [0.717, 1.165) is 5.56 Å². The lowest BCUT2D eigenvalue weighted by Crippen LogP contribution is -2.50. The largest absolute Gasteiger partial charge is 0.493 e. The number of carbonyl (C=O) groups is 1. The fraction of sp³-hybridized carbons (Fsp3) is 0.423. The van der Waals surface area contributed by atoms with Gasteiger partial charge in [-0.15, -0.1) is 12.4 Å². The molecule has 0 bridgehead atoms. The van der Waals surface area contributed by atoms with Crippen LogP contribution in [0.15, 0.2) is 30.3 Å². The Labute approximate surface area is 223 Å². The number of halogens is 1. The van der Waals surface area contributed by atoms with Gasteiger partial charge in [0.1, 0.15) is 5.82 Å². The van der Waals surface area contributed by atoms with Gasteiger partial charge in [-0.05, 0) is 18.1 Å². The number of methoxy groups -OCH3 is 3. The molecule has 0 radical (unpaired) electrons. The van der Waals surface area contributed by atoms with Crippen molar-refractivity contribution in [3.05, 3.63) is 35.9 Å². The lowest BCUT2D eigenvalue weighted by atomic mass is 10.0. The minimum atomic E-state index is -0.0777. The number of para-hydroxylation sites is 1. The molecule has 4 rings (SSSR count). The predicted molar refractivity (Wildman–Crippen MR) is 146 cm³/mol. The highest BCUT2D eigenvalue weighted by atomic mass is 35.5. The van der Waals surface area contributed by atoms with E-state index in [1.165, 1.54) is 0 Å². The zero-order valence-corrected chi connectivity index (χ0v) is 22.6. The summed E-state index contributed by atoms with van der Waals surface area (Å²) in [6.45, 7) is 6.32. The minimum Gasteiger partial charge on any atom is -0.493 e. The van der Waals surface area contributed by atoms with Gasteiger partial charge < -0.3 is 34.5 Å². The second-order valence-electron chi connectivity index (χ2n) is 8.82. The first-order valence-electron chi connectivity index (χ1n) is 11.9. The molecule has 2 N–H and O–H groups in total. The molecule has 1 aliphatic heterocycles. The Kier molecular flexibility index (Phi) is 9.09. The minimum absolute atomic E-state index is 0. The van der Waals surface area contributed by atoms with Crippen LogP contribution in [0.25, 0.3) is 10.9 Å². The van der Waals surface area contributed by atoms with Crippen molar-refractivity contribution in [1.29, 1.82) is 0 Å². The predicted octanol–water partition coefficient (Wildman–Crippen LogP) is 3.51. The molecule has 37 heavy (non-hydrogen) atoms. The van der Waals surface area contributed by atoms with Crippen molar-refractivity contribution in [2.24, 2.45) is 0 Å². The van der Waals surface area contributed by atoms with Crippen LogP contribution >= 0.6 is 12.4 Å². The first-order valence-corrected chi connectivity index (χ1v) is 11.9. The molecule has 1 aromatic heterocycles. The first kappa shape index (κ1) is 27.9. The molecule has 1 fully saturated rings. The Morgan fingerprint density at radius 2 is 1.62 bits per heavy atom. The number of amides is 1. The zero-order valence-electron chi connectivity index (χ0n) is 21.8. The molecule has 0 atom stereocenters. The molecule has 0 unspecified atom stereocenters.